The molecule has 1 amide bonds. The molecule has 1 saturated heterocycles. The van der Waals surface area contributed by atoms with Gasteiger partial charge in [0.25, 0.3) is 5.91 Å². The number of carbonyl (C=O) groups is 1. The zero-order valence-electron chi connectivity index (χ0n) is 12.4. The van der Waals surface area contributed by atoms with Crippen LogP contribution in [-0.2, 0) is 0 Å². The predicted molar refractivity (Wildman–Crippen MR) is 89.2 cm³/mol. The van der Waals surface area contributed by atoms with Gasteiger partial charge in [-0.15, -0.1) is 0 Å². The molecule has 1 aromatic heterocycles. The number of benzene rings is 1. The van der Waals surface area contributed by atoms with Gasteiger partial charge in [0.15, 0.2) is 5.69 Å². The van der Waals surface area contributed by atoms with Crippen LogP contribution in [0.1, 0.15) is 23.8 Å². The second-order valence-corrected chi connectivity index (χ2v) is 6.59. The molecule has 0 radical (unpaired) electrons. The number of amides is 1. The molecular weight excluding hydrogens is 344 g/mol. The van der Waals surface area contributed by atoms with E-state index in [-0.39, 0.29) is 11.9 Å². The van der Waals surface area contributed by atoms with Gasteiger partial charge in [-0.3, -0.25) is 4.79 Å². The van der Waals surface area contributed by atoms with Crippen LogP contribution in [-0.4, -0.2) is 34.8 Å². The van der Waals surface area contributed by atoms with Gasteiger partial charge in [-0.1, -0.05) is 28.9 Å². The van der Waals surface area contributed by atoms with E-state index in [9.17, 15) is 4.79 Å². The van der Waals surface area contributed by atoms with Crippen LogP contribution in [0.3, 0.4) is 0 Å². The van der Waals surface area contributed by atoms with Gasteiger partial charge in [0.1, 0.15) is 0 Å². The summed E-state index contributed by atoms with van der Waals surface area (Å²) in [5.41, 5.74) is 1.37. The Morgan fingerprint density at radius 3 is 3.09 bits per heavy atom. The number of nitrogens with zero attached hydrogens (tertiary/aromatic N) is 2. The van der Waals surface area contributed by atoms with Crippen LogP contribution >= 0.6 is 15.9 Å². The molecule has 2 aromatic rings. The fourth-order valence-corrected chi connectivity index (χ4v) is 3.07. The Labute approximate surface area is 138 Å². The summed E-state index contributed by atoms with van der Waals surface area (Å²) in [7, 11) is 0. The Balaban J connectivity index is 1.71. The average Bonchev–Trinajstić information content (AvgIpc) is 2.99. The molecule has 0 aliphatic carbocycles. The predicted octanol–water partition coefficient (Wildman–Crippen LogP) is 2.36. The first-order chi connectivity index (χ1) is 10.6. The minimum absolute atomic E-state index is 0.104. The number of hydrogen-bond acceptors (Lipinski definition) is 3. The third-order valence-electron chi connectivity index (χ3n) is 4.00. The molecule has 0 bridgehead atoms. The molecule has 3 rings (SSSR count). The Hall–Kier alpha value is -1.66. The minimum atomic E-state index is -0.104. The highest BCUT2D eigenvalue weighted by molar-refractivity contribution is 9.10. The van der Waals surface area contributed by atoms with Gasteiger partial charge < -0.3 is 10.6 Å². The minimum Gasteiger partial charge on any atom is -0.348 e. The van der Waals surface area contributed by atoms with Crippen molar-refractivity contribution < 1.29 is 4.79 Å². The van der Waals surface area contributed by atoms with Crippen molar-refractivity contribution in [1.29, 1.82) is 0 Å². The highest BCUT2D eigenvalue weighted by atomic mass is 79.9. The van der Waals surface area contributed by atoms with Crippen LogP contribution in [0.5, 0.6) is 0 Å². The second kappa shape index (κ2) is 6.62. The van der Waals surface area contributed by atoms with E-state index in [1.54, 1.807) is 10.7 Å². The van der Waals surface area contributed by atoms with Crippen molar-refractivity contribution in [1.82, 2.24) is 20.4 Å². The van der Waals surface area contributed by atoms with E-state index in [2.05, 4.69) is 38.6 Å². The summed E-state index contributed by atoms with van der Waals surface area (Å²) in [6.45, 7) is 4.04. The summed E-state index contributed by atoms with van der Waals surface area (Å²) in [6, 6.07) is 9.78. The Morgan fingerprint density at radius 1 is 1.45 bits per heavy atom. The molecule has 6 heteroatoms. The fraction of sp³-hybridized carbons (Fsp3) is 0.375. The maximum absolute atomic E-state index is 12.4. The highest BCUT2D eigenvalue weighted by Gasteiger charge is 2.23. The van der Waals surface area contributed by atoms with Crippen molar-refractivity contribution >= 4 is 21.8 Å². The van der Waals surface area contributed by atoms with Crippen LogP contribution < -0.4 is 10.6 Å². The molecule has 1 aliphatic heterocycles. The van der Waals surface area contributed by atoms with E-state index < -0.39 is 0 Å². The third-order valence-corrected chi connectivity index (χ3v) is 4.49. The number of carbonyl (C=O) groups excluding carboxylic acids is 1. The first-order valence-electron chi connectivity index (χ1n) is 7.46. The molecule has 2 N–H and O–H groups in total. The van der Waals surface area contributed by atoms with Crippen molar-refractivity contribution in [3.63, 3.8) is 0 Å². The van der Waals surface area contributed by atoms with Gasteiger partial charge in [0.2, 0.25) is 0 Å². The van der Waals surface area contributed by atoms with Gasteiger partial charge in [0, 0.05) is 16.7 Å². The maximum atomic E-state index is 12.4. The molecule has 1 aromatic carbocycles. The van der Waals surface area contributed by atoms with Gasteiger partial charge in [0.05, 0.1) is 5.69 Å². The first kappa shape index (κ1) is 15.2. The molecule has 1 aliphatic rings. The van der Waals surface area contributed by atoms with Crippen molar-refractivity contribution in [2.75, 3.05) is 13.1 Å². The topological polar surface area (TPSA) is 58.9 Å². The van der Waals surface area contributed by atoms with Gasteiger partial charge in [-0.25, -0.2) is 4.68 Å². The smallest absolute Gasteiger partial charge is 0.272 e. The van der Waals surface area contributed by atoms with E-state index in [0.717, 1.165) is 29.7 Å². The number of halogens is 1. The molecule has 0 spiro atoms. The summed E-state index contributed by atoms with van der Waals surface area (Å²) in [5, 5.41) is 10.8. The normalized spacial score (nSPS) is 21.5. The molecule has 2 unspecified atom stereocenters. The summed E-state index contributed by atoms with van der Waals surface area (Å²) in [6.07, 6.45) is 2.77. The van der Waals surface area contributed by atoms with Crippen LogP contribution in [0.15, 0.2) is 41.0 Å². The first-order valence-corrected chi connectivity index (χ1v) is 8.26. The molecule has 2 atom stereocenters. The summed E-state index contributed by atoms with van der Waals surface area (Å²) < 4.78 is 2.70. The lowest BCUT2D eigenvalue weighted by Gasteiger charge is -2.29. The number of rotatable bonds is 3. The van der Waals surface area contributed by atoms with Gasteiger partial charge in [-0.05, 0) is 49.7 Å². The lowest BCUT2D eigenvalue weighted by molar-refractivity contribution is 0.0908. The fourth-order valence-electron chi connectivity index (χ4n) is 2.68. The molecule has 1 fully saturated rings. The Bertz CT molecular complexity index is 670. The van der Waals surface area contributed by atoms with Crippen LogP contribution in [0.25, 0.3) is 5.69 Å². The lowest BCUT2D eigenvalue weighted by Crippen LogP contribution is -2.48. The molecule has 0 saturated carbocycles. The number of piperidine rings is 1. The van der Waals surface area contributed by atoms with Crippen molar-refractivity contribution in [3.8, 4) is 5.69 Å². The van der Waals surface area contributed by atoms with Crippen molar-refractivity contribution in [2.24, 2.45) is 5.92 Å². The van der Waals surface area contributed by atoms with E-state index in [1.807, 2.05) is 30.5 Å². The molecule has 116 valence electrons. The van der Waals surface area contributed by atoms with E-state index >= 15 is 0 Å². The monoisotopic (exact) mass is 362 g/mol. The van der Waals surface area contributed by atoms with Gasteiger partial charge >= 0.3 is 0 Å². The summed E-state index contributed by atoms with van der Waals surface area (Å²) >= 11 is 3.44. The Kier molecular flexibility index (Phi) is 4.59. The number of nitrogens with one attached hydrogen (secondary N) is 2. The van der Waals surface area contributed by atoms with Crippen LogP contribution in [0, 0.1) is 5.92 Å². The Morgan fingerprint density at radius 2 is 2.32 bits per heavy atom. The molecule has 22 heavy (non-hydrogen) atoms. The quantitative estimate of drug-likeness (QED) is 0.880. The summed E-state index contributed by atoms with van der Waals surface area (Å²) in [4.78, 5) is 12.4. The largest absolute Gasteiger partial charge is 0.348 e. The van der Waals surface area contributed by atoms with Crippen LogP contribution in [0.4, 0.5) is 0 Å². The molecular formula is C16H19BrN4O. The zero-order valence-corrected chi connectivity index (χ0v) is 14.0. The van der Waals surface area contributed by atoms with Gasteiger partial charge in [-0.2, -0.15) is 5.10 Å². The van der Waals surface area contributed by atoms with E-state index in [4.69, 9.17) is 0 Å². The zero-order chi connectivity index (χ0) is 15.5. The summed E-state index contributed by atoms with van der Waals surface area (Å²) in [5.74, 6) is 0.331. The molecule has 5 nitrogen and oxygen atoms in total. The van der Waals surface area contributed by atoms with E-state index in [1.165, 1.54) is 0 Å². The number of hydrogen-bond donors (Lipinski definition) is 2. The van der Waals surface area contributed by atoms with Crippen molar-refractivity contribution in [2.45, 2.75) is 19.4 Å². The number of aromatic nitrogens is 2. The van der Waals surface area contributed by atoms with E-state index in [0.29, 0.717) is 11.6 Å². The SMILES string of the molecule is CC1CNCCC1NC(=O)c1ccn(-c2cccc(Br)c2)n1. The van der Waals surface area contributed by atoms with Crippen LogP contribution in [0.2, 0.25) is 0 Å². The highest BCUT2D eigenvalue weighted by Crippen LogP contribution is 2.15. The third kappa shape index (κ3) is 3.39. The second-order valence-electron chi connectivity index (χ2n) is 5.68. The van der Waals surface area contributed by atoms with Crippen molar-refractivity contribution in [3.05, 3.63) is 46.7 Å². The average molecular weight is 363 g/mol. The molecule has 2 heterocycles. The standard InChI is InChI=1S/C16H19BrN4O/c1-11-10-18-7-5-14(11)19-16(22)15-6-8-21(20-15)13-4-2-3-12(17)9-13/h2-4,6,8-9,11,14,18H,5,7,10H2,1H3,(H,19,22). The lowest BCUT2D eigenvalue weighted by atomic mass is 9.95. The maximum Gasteiger partial charge on any atom is 0.272 e.